The Balaban J connectivity index is 0.000000921. The molecule has 0 saturated carbocycles. The van der Waals surface area contributed by atoms with Crippen LogP contribution in [0.1, 0.15) is 40.2 Å². The summed E-state index contributed by atoms with van der Waals surface area (Å²) in [6.07, 6.45) is 4.34. The highest BCUT2D eigenvalue weighted by Gasteiger charge is 1.94. The van der Waals surface area contributed by atoms with Crippen LogP contribution in [0.4, 0.5) is 0 Å². The van der Waals surface area contributed by atoms with Crippen LogP contribution >= 0.6 is 0 Å². The van der Waals surface area contributed by atoms with E-state index in [4.69, 9.17) is 0 Å². The minimum absolute atomic E-state index is 1.28. The molecule has 0 heteroatoms. The normalized spacial score (nSPS) is 10.1. The fraction of sp³-hybridized carbons (Fsp3) is 0.333. The van der Waals surface area contributed by atoms with Gasteiger partial charge in [-0.05, 0) is 31.9 Å². The summed E-state index contributed by atoms with van der Waals surface area (Å²) < 4.78 is 0. The molecule has 15 heavy (non-hydrogen) atoms. The van der Waals surface area contributed by atoms with Crippen LogP contribution in [0, 0.1) is 0 Å². The number of hydrogen-bond donors (Lipinski definition) is 0. The van der Waals surface area contributed by atoms with Gasteiger partial charge in [0, 0.05) is 0 Å². The van der Waals surface area contributed by atoms with Crippen LogP contribution in [-0.2, 0) is 0 Å². The Morgan fingerprint density at radius 2 is 1.53 bits per heavy atom. The van der Waals surface area contributed by atoms with Gasteiger partial charge in [-0.3, -0.25) is 0 Å². The SMILES string of the molecule is C/C=C(\C=C(C)C)c1ccccc1.CC. The van der Waals surface area contributed by atoms with E-state index >= 15 is 0 Å². The first-order valence-corrected chi connectivity index (χ1v) is 5.60. The minimum Gasteiger partial charge on any atom is -0.0798 e. The molecule has 1 rings (SSSR count). The fourth-order valence-electron chi connectivity index (χ4n) is 1.27. The minimum atomic E-state index is 1.28. The van der Waals surface area contributed by atoms with E-state index in [9.17, 15) is 0 Å². The Morgan fingerprint density at radius 3 is 1.93 bits per heavy atom. The standard InChI is InChI=1S/C13H16.C2H6/c1-4-12(10-11(2)3)13-8-6-5-7-9-13;1-2/h4-10H,1-3H3;1-2H3/b12-4+;. The van der Waals surface area contributed by atoms with Gasteiger partial charge in [-0.15, -0.1) is 0 Å². The maximum absolute atomic E-state index is 2.20. The van der Waals surface area contributed by atoms with Gasteiger partial charge in [-0.1, -0.05) is 61.9 Å². The second kappa shape index (κ2) is 8.05. The van der Waals surface area contributed by atoms with Gasteiger partial charge in [0.1, 0.15) is 0 Å². The summed E-state index contributed by atoms with van der Waals surface area (Å²) in [5.74, 6) is 0. The van der Waals surface area contributed by atoms with Crippen molar-refractivity contribution in [2.45, 2.75) is 34.6 Å². The van der Waals surface area contributed by atoms with Crippen LogP contribution < -0.4 is 0 Å². The number of allylic oxidation sites excluding steroid dienone is 4. The molecule has 0 saturated heterocycles. The first-order valence-electron chi connectivity index (χ1n) is 5.60. The zero-order valence-electron chi connectivity index (χ0n) is 10.5. The fourth-order valence-corrected chi connectivity index (χ4v) is 1.27. The predicted molar refractivity (Wildman–Crippen MR) is 70.9 cm³/mol. The Kier molecular flexibility index (Phi) is 7.35. The average Bonchev–Trinajstić information content (AvgIpc) is 2.29. The molecule has 0 aliphatic carbocycles. The molecular weight excluding hydrogens is 180 g/mol. The summed E-state index contributed by atoms with van der Waals surface area (Å²) in [7, 11) is 0. The smallest absolute Gasteiger partial charge is 0.0187 e. The Bertz CT molecular complexity index is 311. The molecule has 0 unspecified atom stereocenters. The monoisotopic (exact) mass is 202 g/mol. The summed E-state index contributed by atoms with van der Waals surface area (Å²) >= 11 is 0. The van der Waals surface area contributed by atoms with E-state index in [0.29, 0.717) is 0 Å². The van der Waals surface area contributed by atoms with Crippen molar-refractivity contribution in [3.8, 4) is 0 Å². The van der Waals surface area contributed by atoms with Crippen LogP contribution in [0.3, 0.4) is 0 Å². The third-order valence-electron chi connectivity index (χ3n) is 1.86. The maximum Gasteiger partial charge on any atom is -0.0187 e. The van der Waals surface area contributed by atoms with Gasteiger partial charge >= 0.3 is 0 Å². The van der Waals surface area contributed by atoms with Gasteiger partial charge in [0.05, 0.1) is 0 Å². The van der Waals surface area contributed by atoms with Gasteiger partial charge in [0.25, 0.3) is 0 Å². The summed E-state index contributed by atoms with van der Waals surface area (Å²) in [5.41, 5.74) is 3.91. The topological polar surface area (TPSA) is 0 Å². The van der Waals surface area contributed by atoms with E-state index in [-0.39, 0.29) is 0 Å². The Hall–Kier alpha value is -1.30. The van der Waals surface area contributed by atoms with Gasteiger partial charge < -0.3 is 0 Å². The lowest BCUT2D eigenvalue weighted by Gasteiger charge is -2.01. The molecule has 0 aliphatic rings. The van der Waals surface area contributed by atoms with Crippen LogP contribution in [0.5, 0.6) is 0 Å². The van der Waals surface area contributed by atoms with E-state index in [2.05, 4.69) is 57.2 Å². The summed E-state index contributed by atoms with van der Waals surface area (Å²) in [4.78, 5) is 0. The molecule has 0 spiro atoms. The molecule has 0 bridgehead atoms. The molecule has 0 aromatic heterocycles. The molecule has 1 aromatic rings. The second-order valence-corrected chi connectivity index (χ2v) is 3.33. The third kappa shape index (κ3) is 5.21. The number of hydrogen-bond acceptors (Lipinski definition) is 0. The lowest BCUT2D eigenvalue weighted by molar-refractivity contribution is 1.39. The van der Waals surface area contributed by atoms with Crippen molar-refractivity contribution in [3.05, 3.63) is 53.6 Å². The molecule has 0 fully saturated rings. The largest absolute Gasteiger partial charge is 0.0798 e. The van der Waals surface area contributed by atoms with E-state index in [0.717, 1.165) is 0 Å². The van der Waals surface area contributed by atoms with E-state index < -0.39 is 0 Å². The highest BCUT2D eigenvalue weighted by Crippen LogP contribution is 2.16. The Morgan fingerprint density at radius 1 is 1.00 bits per heavy atom. The molecule has 0 aliphatic heterocycles. The lowest BCUT2D eigenvalue weighted by atomic mass is 10.0. The zero-order valence-corrected chi connectivity index (χ0v) is 10.5. The van der Waals surface area contributed by atoms with E-state index in [1.807, 2.05) is 19.9 Å². The van der Waals surface area contributed by atoms with Crippen LogP contribution in [-0.4, -0.2) is 0 Å². The van der Waals surface area contributed by atoms with Crippen molar-refractivity contribution in [2.24, 2.45) is 0 Å². The molecule has 1 aromatic carbocycles. The zero-order chi connectivity index (χ0) is 11.7. The lowest BCUT2D eigenvalue weighted by Crippen LogP contribution is -1.79. The number of benzene rings is 1. The van der Waals surface area contributed by atoms with Crippen molar-refractivity contribution < 1.29 is 0 Å². The van der Waals surface area contributed by atoms with Gasteiger partial charge in [-0.2, -0.15) is 0 Å². The maximum atomic E-state index is 2.20. The molecule has 0 N–H and O–H groups in total. The summed E-state index contributed by atoms with van der Waals surface area (Å²) in [6.45, 7) is 10.3. The number of rotatable bonds is 2. The molecule has 82 valence electrons. The van der Waals surface area contributed by atoms with Crippen molar-refractivity contribution in [3.63, 3.8) is 0 Å². The molecule has 0 radical (unpaired) electrons. The first-order chi connectivity index (χ1) is 7.24. The van der Waals surface area contributed by atoms with Crippen molar-refractivity contribution in [2.75, 3.05) is 0 Å². The van der Waals surface area contributed by atoms with E-state index in [1.54, 1.807) is 0 Å². The average molecular weight is 202 g/mol. The Labute approximate surface area is 94.3 Å². The quantitative estimate of drug-likeness (QED) is 0.586. The van der Waals surface area contributed by atoms with Gasteiger partial charge in [-0.25, -0.2) is 0 Å². The van der Waals surface area contributed by atoms with Crippen LogP contribution in [0.25, 0.3) is 5.57 Å². The highest BCUT2D eigenvalue weighted by molar-refractivity contribution is 5.74. The van der Waals surface area contributed by atoms with Gasteiger partial charge in [0.2, 0.25) is 0 Å². The van der Waals surface area contributed by atoms with Crippen LogP contribution in [0.15, 0.2) is 48.1 Å². The molecular formula is C15H22. The van der Waals surface area contributed by atoms with Gasteiger partial charge in [0.15, 0.2) is 0 Å². The molecule has 0 heterocycles. The van der Waals surface area contributed by atoms with Crippen molar-refractivity contribution >= 4 is 5.57 Å². The molecule has 0 nitrogen and oxygen atoms in total. The summed E-state index contributed by atoms with van der Waals surface area (Å²) in [6, 6.07) is 10.4. The molecule has 0 amide bonds. The predicted octanol–water partition coefficient (Wildman–Crippen LogP) is 5.08. The van der Waals surface area contributed by atoms with E-state index in [1.165, 1.54) is 16.7 Å². The first kappa shape index (κ1) is 13.7. The third-order valence-corrected chi connectivity index (χ3v) is 1.86. The van der Waals surface area contributed by atoms with Crippen molar-refractivity contribution in [1.82, 2.24) is 0 Å². The summed E-state index contributed by atoms with van der Waals surface area (Å²) in [5, 5.41) is 0. The molecule has 0 atom stereocenters. The second-order valence-electron chi connectivity index (χ2n) is 3.33. The van der Waals surface area contributed by atoms with Crippen LogP contribution in [0.2, 0.25) is 0 Å². The van der Waals surface area contributed by atoms with Crippen molar-refractivity contribution in [1.29, 1.82) is 0 Å². The highest BCUT2D eigenvalue weighted by atomic mass is 14.0.